The van der Waals surface area contributed by atoms with Crippen LogP contribution in [0.25, 0.3) is 0 Å². The van der Waals surface area contributed by atoms with Gasteiger partial charge in [0.25, 0.3) is 0 Å². The lowest BCUT2D eigenvalue weighted by atomic mass is 10.3. The highest BCUT2D eigenvalue weighted by atomic mass is 16.3. The fraction of sp³-hybridized carbons (Fsp3) is 0.400. The molecule has 1 aromatic rings. The second-order valence-corrected chi connectivity index (χ2v) is 3.19. The van der Waals surface area contributed by atoms with E-state index in [2.05, 4.69) is 15.6 Å². The van der Waals surface area contributed by atoms with Crippen LogP contribution in [-0.4, -0.2) is 35.7 Å². The number of rotatable bonds is 6. The summed E-state index contributed by atoms with van der Waals surface area (Å²) in [5.74, 6) is 0.205. The Balaban J connectivity index is 2.44. The number of amides is 1. The average molecular weight is 224 g/mol. The van der Waals surface area contributed by atoms with Gasteiger partial charge in [0.2, 0.25) is 5.91 Å². The number of carbonyl (C=O) groups is 1. The number of nitrogens with two attached hydrogens (primary N) is 1. The predicted molar refractivity (Wildman–Crippen MR) is 62.1 cm³/mol. The first kappa shape index (κ1) is 12.4. The van der Waals surface area contributed by atoms with E-state index >= 15 is 0 Å². The number of aromatic nitrogens is 1. The van der Waals surface area contributed by atoms with E-state index in [9.17, 15) is 4.79 Å². The van der Waals surface area contributed by atoms with Crippen molar-refractivity contribution in [2.24, 2.45) is 5.73 Å². The molecule has 0 radical (unpaired) electrons. The third-order valence-electron chi connectivity index (χ3n) is 1.88. The SMILES string of the molecule is NCC(=O)Nc1ccc(NCCCO)cn1. The van der Waals surface area contributed by atoms with Crippen LogP contribution in [-0.2, 0) is 4.79 Å². The molecule has 16 heavy (non-hydrogen) atoms. The molecule has 0 aliphatic rings. The van der Waals surface area contributed by atoms with Crippen LogP contribution in [0.1, 0.15) is 6.42 Å². The fourth-order valence-electron chi connectivity index (χ4n) is 1.08. The molecule has 0 saturated carbocycles. The maximum Gasteiger partial charge on any atom is 0.239 e. The molecule has 0 aromatic carbocycles. The van der Waals surface area contributed by atoms with E-state index in [0.29, 0.717) is 18.8 Å². The normalized spacial score (nSPS) is 9.88. The minimum Gasteiger partial charge on any atom is -0.396 e. The molecule has 0 fully saturated rings. The first-order valence-corrected chi connectivity index (χ1v) is 5.07. The van der Waals surface area contributed by atoms with E-state index in [0.717, 1.165) is 5.69 Å². The van der Waals surface area contributed by atoms with Gasteiger partial charge in [0, 0.05) is 13.2 Å². The molecule has 6 nitrogen and oxygen atoms in total. The van der Waals surface area contributed by atoms with Crippen molar-refractivity contribution in [2.45, 2.75) is 6.42 Å². The van der Waals surface area contributed by atoms with E-state index in [-0.39, 0.29) is 19.1 Å². The highest BCUT2D eigenvalue weighted by Crippen LogP contribution is 2.09. The molecule has 0 saturated heterocycles. The summed E-state index contributed by atoms with van der Waals surface area (Å²) in [6.07, 6.45) is 2.30. The minimum atomic E-state index is -0.270. The van der Waals surface area contributed by atoms with Gasteiger partial charge < -0.3 is 21.5 Å². The summed E-state index contributed by atoms with van der Waals surface area (Å²) in [5, 5.41) is 14.2. The molecule has 0 atom stereocenters. The Kier molecular flexibility index (Phi) is 5.24. The predicted octanol–water partition coefficient (Wildman–Crippen LogP) is -0.227. The van der Waals surface area contributed by atoms with Crippen molar-refractivity contribution in [2.75, 3.05) is 30.3 Å². The van der Waals surface area contributed by atoms with E-state index < -0.39 is 0 Å². The number of anilines is 2. The van der Waals surface area contributed by atoms with Gasteiger partial charge in [0.15, 0.2) is 0 Å². The van der Waals surface area contributed by atoms with Crippen molar-refractivity contribution in [1.29, 1.82) is 0 Å². The van der Waals surface area contributed by atoms with Crippen LogP contribution in [0.3, 0.4) is 0 Å². The summed E-state index contributed by atoms with van der Waals surface area (Å²) in [6, 6.07) is 3.49. The quantitative estimate of drug-likeness (QED) is 0.500. The molecule has 0 aliphatic carbocycles. The first-order chi connectivity index (χ1) is 7.76. The minimum absolute atomic E-state index is 0.0574. The molecule has 1 heterocycles. The molecule has 88 valence electrons. The van der Waals surface area contributed by atoms with Crippen LogP contribution >= 0.6 is 0 Å². The van der Waals surface area contributed by atoms with Crippen molar-refractivity contribution in [3.05, 3.63) is 18.3 Å². The number of pyridine rings is 1. The number of hydrogen-bond acceptors (Lipinski definition) is 5. The molecular formula is C10H16N4O2. The fourth-order valence-corrected chi connectivity index (χ4v) is 1.08. The zero-order valence-electron chi connectivity index (χ0n) is 8.94. The lowest BCUT2D eigenvalue weighted by Gasteiger charge is -2.06. The summed E-state index contributed by atoms with van der Waals surface area (Å²) >= 11 is 0. The van der Waals surface area contributed by atoms with Crippen LogP contribution in [0.2, 0.25) is 0 Å². The Morgan fingerprint density at radius 2 is 2.31 bits per heavy atom. The zero-order chi connectivity index (χ0) is 11.8. The molecule has 6 heteroatoms. The van der Waals surface area contributed by atoms with Gasteiger partial charge in [-0.15, -0.1) is 0 Å². The Hall–Kier alpha value is -1.66. The number of carbonyl (C=O) groups excluding carboxylic acids is 1. The van der Waals surface area contributed by atoms with Gasteiger partial charge in [-0.25, -0.2) is 4.98 Å². The summed E-state index contributed by atoms with van der Waals surface area (Å²) < 4.78 is 0. The van der Waals surface area contributed by atoms with Crippen molar-refractivity contribution < 1.29 is 9.90 Å². The van der Waals surface area contributed by atoms with Crippen molar-refractivity contribution >= 4 is 17.4 Å². The summed E-state index contributed by atoms with van der Waals surface area (Å²) in [5.41, 5.74) is 6.00. The molecule has 0 spiro atoms. The van der Waals surface area contributed by atoms with Crippen molar-refractivity contribution in [3.8, 4) is 0 Å². The lowest BCUT2D eigenvalue weighted by Crippen LogP contribution is -2.22. The van der Waals surface area contributed by atoms with Crippen molar-refractivity contribution in [1.82, 2.24) is 4.98 Å². The standard InChI is InChI=1S/C10H16N4O2/c11-6-10(16)14-9-3-2-8(7-13-9)12-4-1-5-15/h2-3,7,12,15H,1,4-6,11H2,(H,13,14,16). The number of hydrogen-bond donors (Lipinski definition) is 4. The summed E-state index contributed by atoms with van der Waals surface area (Å²) in [6.45, 7) is 0.788. The van der Waals surface area contributed by atoms with Crippen LogP contribution < -0.4 is 16.4 Å². The van der Waals surface area contributed by atoms with Crippen LogP contribution in [0, 0.1) is 0 Å². The second kappa shape index (κ2) is 6.76. The van der Waals surface area contributed by atoms with Crippen LogP contribution in [0.15, 0.2) is 18.3 Å². The van der Waals surface area contributed by atoms with E-state index in [1.807, 2.05) is 0 Å². The molecule has 1 rings (SSSR count). The lowest BCUT2D eigenvalue weighted by molar-refractivity contribution is -0.114. The Bertz CT molecular complexity index is 326. The highest BCUT2D eigenvalue weighted by molar-refractivity contribution is 5.91. The summed E-state index contributed by atoms with van der Waals surface area (Å²) in [4.78, 5) is 15.0. The summed E-state index contributed by atoms with van der Waals surface area (Å²) in [7, 11) is 0. The van der Waals surface area contributed by atoms with E-state index in [1.54, 1.807) is 18.3 Å². The smallest absolute Gasteiger partial charge is 0.239 e. The Labute approximate surface area is 93.9 Å². The molecule has 1 aromatic heterocycles. The Morgan fingerprint density at radius 3 is 2.88 bits per heavy atom. The molecule has 0 unspecified atom stereocenters. The van der Waals surface area contributed by atoms with Gasteiger partial charge in [-0.3, -0.25) is 4.79 Å². The van der Waals surface area contributed by atoms with Gasteiger partial charge in [0.1, 0.15) is 5.82 Å². The third kappa shape index (κ3) is 4.24. The second-order valence-electron chi connectivity index (χ2n) is 3.19. The Morgan fingerprint density at radius 1 is 1.50 bits per heavy atom. The maximum atomic E-state index is 11.0. The molecule has 1 amide bonds. The van der Waals surface area contributed by atoms with Gasteiger partial charge in [-0.1, -0.05) is 0 Å². The number of nitrogens with one attached hydrogen (secondary N) is 2. The molecule has 0 aliphatic heterocycles. The third-order valence-corrected chi connectivity index (χ3v) is 1.88. The number of aliphatic hydroxyl groups is 1. The van der Waals surface area contributed by atoms with Crippen LogP contribution in [0.4, 0.5) is 11.5 Å². The van der Waals surface area contributed by atoms with Gasteiger partial charge in [-0.05, 0) is 18.6 Å². The average Bonchev–Trinajstić information content (AvgIpc) is 2.31. The zero-order valence-corrected chi connectivity index (χ0v) is 8.94. The molecular weight excluding hydrogens is 208 g/mol. The van der Waals surface area contributed by atoms with Gasteiger partial charge in [-0.2, -0.15) is 0 Å². The topological polar surface area (TPSA) is 100 Å². The highest BCUT2D eigenvalue weighted by Gasteiger charge is 1.99. The molecule has 0 bridgehead atoms. The van der Waals surface area contributed by atoms with E-state index in [1.165, 1.54) is 0 Å². The monoisotopic (exact) mass is 224 g/mol. The maximum absolute atomic E-state index is 11.0. The van der Waals surface area contributed by atoms with Crippen molar-refractivity contribution in [3.63, 3.8) is 0 Å². The number of aliphatic hydroxyl groups excluding tert-OH is 1. The van der Waals surface area contributed by atoms with Crippen LogP contribution in [0.5, 0.6) is 0 Å². The van der Waals surface area contributed by atoms with Gasteiger partial charge in [0.05, 0.1) is 18.4 Å². The first-order valence-electron chi connectivity index (χ1n) is 5.07. The number of nitrogens with zero attached hydrogens (tertiary/aromatic N) is 1. The van der Waals surface area contributed by atoms with Gasteiger partial charge >= 0.3 is 0 Å². The molecule has 5 N–H and O–H groups in total. The largest absolute Gasteiger partial charge is 0.396 e. The van der Waals surface area contributed by atoms with E-state index in [4.69, 9.17) is 10.8 Å².